The zero-order valence-corrected chi connectivity index (χ0v) is 14.5. The Morgan fingerprint density at radius 2 is 2.12 bits per heavy atom. The molecule has 6 nitrogen and oxygen atoms in total. The summed E-state index contributed by atoms with van der Waals surface area (Å²) in [6, 6.07) is 9.55. The first-order valence-corrected chi connectivity index (χ1v) is 8.75. The summed E-state index contributed by atoms with van der Waals surface area (Å²) in [5.74, 6) is 2.11. The zero-order valence-electron chi connectivity index (χ0n) is 14.5. The highest BCUT2D eigenvalue weighted by atomic mass is 16.5. The van der Waals surface area contributed by atoms with Gasteiger partial charge in [-0.05, 0) is 37.6 Å². The van der Waals surface area contributed by atoms with Crippen molar-refractivity contribution in [1.29, 1.82) is 0 Å². The van der Waals surface area contributed by atoms with Crippen molar-refractivity contribution >= 4 is 11.7 Å². The van der Waals surface area contributed by atoms with Crippen LogP contribution in [0.5, 0.6) is 0 Å². The van der Waals surface area contributed by atoms with Gasteiger partial charge in [-0.2, -0.15) is 0 Å². The van der Waals surface area contributed by atoms with Crippen LogP contribution in [0, 0.1) is 12.3 Å². The summed E-state index contributed by atoms with van der Waals surface area (Å²) in [5, 5.41) is 0. The minimum absolute atomic E-state index is 0.0470. The van der Waals surface area contributed by atoms with Crippen LogP contribution in [0.15, 0.2) is 40.9 Å². The number of amides is 1. The van der Waals surface area contributed by atoms with Gasteiger partial charge in [0.1, 0.15) is 11.6 Å². The van der Waals surface area contributed by atoms with E-state index in [1.54, 1.807) is 6.07 Å². The predicted molar refractivity (Wildman–Crippen MR) is 93.7 cm³/mol. The Morgan fingerprint density at radius 1 is 1.20 bits per heavy atom. The van der Waals surface area contributed by atoms with E-state index in [0.29, 0.717) is 32.1 Å². The second-order valence-corrected chi connectivity index (χ2v) is 7.05. The van der Waals surface area contributed by atoms with Crippen molar-refractivity contribution < 1.29 is 13.9 Å². The number of aryl methyl sites for hydroxylation is 1. The summed E-state index contributed by atoms with van der Waals surface area (Å²) in [6.07, 6.45) is 2.81. The molecular weight excluding hydrogens is 318 g/mol. The summed E-state index contributed by atoms with van der Waals surface area (Å²) in [5.41, 5.74) is -0.0503. The second-order valence-electron chi connectivity index (χ2n) is 7.05. The average molecular weight is 341 g/mol. The van der Waals surface area contributed by atoms with E-state index in [0.717, 1.165) is 31.1 Å². The van der Waals surface area contributed by atoms with Gasteiger partial charge in [0.15, 0.2) is 5.76 Å². The maximum atomic E-state index is 12.8. The molecule has 4 heterocycles. The van der Waals surface area contributed by atoms with Gasteiger partial charge in [0.25, 0.3) is 5.91 Å². The number of rotatable bonds is 2. The number of carbonyl (C=O) groups excluding carboxylic acids is 1. The largest absolute Gasteiger partial charge is 0.456 e. The van der Waals surface area contributed by atoms with Crippen LogP contribution in [-0.2, 0) is 4.74 Å². The molecule has 4 rings (SSSR count). The van der Waals surface area contributed by atoms with Crippen LogP contribution < -0.4 is 4.90 Å². The fraction of sp³-hybridized carbons (Fsp3) is 0.474. The second kappa shape index (κ2) is 6.52. The van der Waals surface area contributed by atoms with E-state index in [1.807, 2.05) is 42.3 Å². The van der Waals surface area contributed by atoms with Gasteiger partial charge in [-0.15, -0.1) is 0 Å². The molecule has 0 radical (unpaired) electrons. The fourth-order valence-corrected chi connectivity index (χ4v) is 3.79. The van der Waals surface area contributed by atoms with Crippen molar-refractivity contribution in [3.63, 3.8) is 0 Å². The Morgan fingerprint density at radius 3 is 2.88 bits per heavy atom. The van der Waals surface area contributed by atoms with E-state index in [1.165, 1.54) is 0 Å². The Bertz CT molecular complexity index is 745. The van der Waals surface area contributed by atoms with Crippen LogP contribution in [0.2, 0.25) is 0 Å². The lowest BCUT2D eigenvalue weighted by molar-refractivity contribution is 0.0662. The Kier molecular flexibility index (Phi) is 4.21. The highest BCUT2D eigenvalue weighted by Gasteiger charge is 2.43. The standard InChI is InChI=1S/C19H23N3O3/c1-15-5-6-16(25-15)18(23)22-10-11-24-14-19(13-22)7-9-21(12-19)17-4-2-3-8-20-17/h2-6,8H,7,9-14H2,1H3. The first kappa shape index (κ1) is 16.1. The van der Waals surface area contributed by atoms with E-state index in [9.17, 15) is 4.79 Å². The molecule has 1 amide bonds. The monoisotopic (exact) mass is 341 g/mol. The van der Waals surface area contributed by atoms with Crippen LogP contribution in [-0.4, -0.2) is 55.2 Å². The first-order valence-electron chi connectivity index (χ1n) is 8.75. The summed E-state index contributed by atoms with van der Waals surface area (Å²) < 4.78 is 11.4. The van der Waals surface area contributed by atoms with Crippen LogP contribution in [0.25, 0.3) is 0 Å². The Labute approximate surface area is 147 Å². The van der Waals surface area contributed by atoms with Gasteiger partial charge in [-0.3, -0.25) is 4.79 Å². The summed E-state index contributed by atoms with van der Waals surface area (Å²) in [7, 11) is 0. The number of pyridine rings is 1. The lowest BCUT2D eigenvalue weighted by Crippen LogP contribution is -2.43. The molecule has 132 valence electrons. The summed E-state index contributed by atoms with van der Waals surface area (Å²) in [4.78, 5) is 21.4. The van der Waals surface area contributed by atoms with E-state index in [2.05, 4.69) is 9.88 Å². The number of hydrogen-bond acceptors (Lipinski definition) is 5. The third kappa shape index (κ3) is 3.26. The van der Waals surface area contributed by atoms with E-state index < -0.39 is 0 Å². The number of nitrogens with zero attached hydrogens (tertiary/aromatic N) is 3. The zero-order chi connectivity index (χ0) is 17.3. The van der Waals surface area contributed by atoms with Gasteiger partial charge in [-0.25, -0.2) is 4.98 Å². The van der Waals surface area contributed by atoms with Gasteiger partial charge in [-0.1, -0.05) is 6.07 Å². The van der Waals surface area contributed by atoms with Crippen LogP contribution in [0.3, 0.4) is 0 Å². The minimum Gasteiger partial charge on any atom is -0.456 e. The lowest BCUT2D eigenvalue weighted by atomic mass is 9.87. The Balaban J connectivity index is 1.51. The maximum Gasteiger partial charge on any atom is 0.289 e. The van der Waals surface area contributed by atoms with Crippen molar-refractivity contribution in [3.8, 4) is 0 Å². The fourth-order valence-electron chi connectivity index (χ4n) is 3.79. The van der Waals surface area contributed by atoms with E-state index in [-0.39, 0.29) is 11.3 Å². The molecule has 6 heteroatoms. The number of carbonyl (C=O) groups is 1. The first-order chi connectivity index (χ1) is 12.2. The number of anilines is 1. The van der Waals surface area contributed by atoms with Crippen molar-refractivity contribution in [2.24, 2.45) is 5.41 Å². The summed E-state index contributed by atoms with van der Waals surface area (Å²) >= 11 is 0. The molecule has 2 fully saturated rings. The molecule has 1 atom stereocenters. The van der Waals surface area contributed by atoms with Crippen molar-refractivity contribution in [2.75, 3.05) is 44.3 Å². The van der Waals surface area contributed by atoms with Crippen molar-refractivity contribution in [1.82, 2.24) is 9.88 Å². The normalized spacial score (nSPS) is 23.9. The minimum atomic E-state index is -0.0503. The highest BCUT2D eigenvalue weighted by Crippen LogP contribution is 2.35. The molecule has 2 aliphatic rings. The number of hydrogen-bond donors (Lipinski definition) is 0. The molecule has 0 bridgehead atoms. The quantitative estimate of drug-likeness (QED) is 0.839. The number of aromatic nitrogens is 1. The van der Waals surface area contributed by atoms with Crippen LogP contribution in [0.1, 0.15) is 22.7 Å². The lowest BCUT2D eigenvalue weighted by Gasteiger charge is -2.31. The van der Waals surface area contributed by atoms with Gasteiger partial charge in [0.05, 0.1) is 13.2 Å². The SMILES string of the molecule is Cc1ccc(C(=O)N2CCOCC3(CCN(c4ccccn4)C3)C2)o1. The molecule has 0 saturated carbocycles. The molecule has 0 N–H and O–H groups in total. The predicted octanol–water partition coefficient (Wildman–Crippen LogP) is 2.35. The molecule has 0 aliphatic carbocycles. The van der Waals surface area contributed by atoms with Crippen molar-refractivity contribution in [3.05, 3.63) is 48.0 Å². The average Bonchev–Trinajstić information content (AvgIpc) is 3.18. The highest BCUT2D eigenvalue weighted by molar-refractivity contribution is 5.91. The molecule has 2 aliphatic heterocycles. The number of furan rings is 1. The van der Waals surface area contributed by atoms with E-state index >= 15 is 0 Å². The molecule has 2 aromatic heterocycles. The van der Waals surface area contributed by atoms with Gasteiger partial charge in [0.2, 0.25) is 0 Å². The van der Waals surface area contributed by atoms with E-state index in [4.69, 9.17) is 9.15 Å². The van der Waals surface area contributed by atoms with Gasteiger partial charge < -0.3 is 19.0 Å². The summed E-state index contributed by atoms with van der Waals surface area (Å²) in [6.45, 7) is 6.17. The molecule has 2 saturated heterocycles. The molecular formula is C19H23N3O3. The molecule has 1 spiro atoms. The molecule has 2 aromatic rings. The van der Waals surface area contributed by atoms with Gasteiger partial charge >= 0.3 is 0 Å². The third-order valence-electron chi connectivity index (χ3n) is 5.09. The molecule has 0 aromatic carbocycles. The van der Waals surface area contributed by atoms with Crippen LogP contribution >= 0.6 is 0 Å². The van der Waals surface area contributed by atoms with Crippen LogP contribution in [0.4, 0.5) is 5.82 Å². The molecule has 1 unspecified atom stereocenters. The topological polar surface area (TPSA) is 58.8 Å². The maximum absolute atomic E-state index is 12.8. The number of ether oxygens (including phenoxy) is 1. The Hall–Kier alpha value is -2.34. The van der Waals surface area contributed by atoms with Gasteiger partial charge in [0, 0.05) is 37.8 Å². The third-order valence-corrected chi connectivity index (χ3v) is 5.09. The van der Waals surface area contributed by atoms with Crippen molar-refractivity contribution in [2.45, 2.75) is 13.3 Å². The molecule has 25 heavy (non-hydrogen) atoms. The smallest absolute Gasteiger partial charge is 0.289 e.